The molecule has 0 atom stereocenters. The van der Waals surface area contributed by atoms with E-state index in [0.717, 1.165) is 103 Å². The maximum Gasteiger partial charge on any atom is 0.306 e. The number of carbonyl (C=O) groups is 4. The molecule has 0 aliphatic heterocycles. The van der Waals surface area contributed by atoms with E-state index < -0.39 is 23.9 Å². The average Bonchev–Trinajstić information content (AvgIpc) is 2.92. The second-order valence-electron chi connectivity index (χ2n) is 10.7. The van der Waals surface area contributed by atoms with Crippen LogP contribution in [0.25, 0.3) is 0 Å². The van der Waals surface area contributed by atoms with Crippen molar-refractivity contribution in [2.24, 2.45) is 23.7 Å². The Labute approximate surface area is 236 Å². The summed E-state index contributed by atoms with van der Waals surface area (Å²) in [7, 11) is 0. The molecule has 4 saturated carbocycles. The molecule has 4 aliphatic rings. The molecule has 0 radical (unpaired) electrons. The van der Waals surface area contributed by atoms with Gasteiger partial charge < -0.3 is 20.4 Å². The van der Waals surface area contributed by atoms with Gasteiger partial charge in [0.05, 0.1) is 23.7 Å². The van der Waals surface area contributed by atoms with Gasteiger partial charge in [-0.15, -0.1) is 0 Å². The van der Waals surface area contributed by atoms with Crippen LogP contribution in [-0.2, 0) is 40.9 Å². The standard InChI is InChI=1S/4C7H12O2.Ti/c4*8-7(9)6-4-2-1-3-5-6;/h4*6H,1-5H2,(H,8,9);. The van der Waals surface area contributed by atoms with E-state index in [1.54, 1.807) is 0 Å². The van der Waals surface area contributed by atoms with Gasteiger partial charge in [-0.2, -0.15) is 0 Å². The van der Waals surface area contributed by atoms with Crippen LogP contribution >= 0.6 is 0 Å². The minimum atomic E-state index is -0.602. The van der Waals surface area contributed by atoms with Gasteiger partial charge in [0.15, 0.2) is 0 Å². The van der Waals surface area contributed by atoms with Crippen LogP contribution in [0.1, 0.15) is 128 Å². The molecule has 0 heterocycles. The summed E-state index contributed by atoms with van der Waals surface area (Å²) in [4.78, 5) is 41.4. The molecule has 0 amide bonds. The molecule has 0 saturated heterocycles. The molecule has 0 bridgehead atoms. The van der Waals surface area contributed by atoms with Crippen molar-refractivity contribution in [2.75, 3.05) is 0 Å². The zero-order valence-corrected chi connectivity index (χ0v) is 23.9. The molecule has 37 heavy (non-hydrogen) atoms. The summed E-state index contributed by atoms with van der Waals surface area (Å²) in [6.45, 7) is 0. The molecule has 4 aliphatic carbocycles. The second kappa shape index (κ2) is 21.5. The Bertz CT molecular complexity index is 533. The summed E-state index contributed by atoms with van der Waals surface area (Å²) in [6, 6.07) is 0. The molecule has 8 nitrogen and oxygen atoms in total. The first-order valence-corrected chi connectivity index (χ1v) is 14.1. The quantitative estimate of drug-likeness (QED) is 0.281. The van der Waals surface area contributed by atoms with Gasteiger partial charge in [-0.25, -0.2) is 0 Å². The van der Waals surface area contributed by atoms with E-state index in [2.05, 4.69) is 0 Å². The van der Waals surface area contributed by atoms with Crippen LogP contribution in [0.5, 0.6) is 0 Å². The minimum Gasteiger partial charge on any atom is -0.481 e. The van der Waals surface area contributed by atoms with Gasteiger partial charge >= 0.3 is 23.9 Å². The predicted octanol–water partition coefficient (Wildman–Crippen LogP) is 6.60. The van der Waals surface area contributed by atoms with Crippen LogP contribution in [0, 0.1) is 23.7 Å². The minimum absolute atomic E-state index is 0. The Morgan fingerprint density at radius 3 is 0.541 bits per heavy atom. The van der Waals surface area contributed by atoms with Crippen molar-refractivity contribution in [2.45, 2.75) is 128 Å². The van der Waals surface area contributed by atoms with E-state index in [1.807, 2.05) is 0 Å². The van der Waals surface area contributed by atoms with E-state index in [9.17, 15) is 19.2 Å². The topological polar surface area (TPSA) is 149 Å². The zero-order chi connectivity index (χ0) is 26.8. The summed E-state index contributed by atoms with van der Waals surface area (Å²) in [5, 5.41) is 34.2. The number of carboxylic acid groups (broad SMARTS) is 4. The van der Waals surface area contributed by atoms with Gasteiger partial charge in [-0.1, -0.05) is 77.0 Å². The molecule has 0 unspecified atom stereocenters. The fourth-order valence-electron chi connectivity index (χ4n) is 5.40. The summed E-state index contributed by atoms with van der Waals surface area (Å²) in [5.41, 5.74) is 0. The third kappa shape index (κ3) is 16.9. The first-order valence-electron chi connectivity index (χ1n) is 14.1. The first-order chi connectivity index (χ1) is 17.2. The average molecular weight is 561 g/mol. The molecule has 0 spiro atoms. The summed E-state index contributed by atoms with van der Waals surface area (Å²) in [6.07, 6.45) is 21.0. The molecule has 0 aromatic carbocycles. The van der Waals surface area contributed by atoms with E-state index in [0.29, 0.717) is 0 Å². The van der Waals surface area contributed by atoms with E-state index in [1.165, 1.54) is 25.7 Å². The molecular formula is C28H48O8Ti. The normalized spacial score (nSPS) is 21.2. The molecule has 212 valence electrons. The van der Waals surface area contributed by atoms with Crippen molar-refractivity contribution in [3.63, 3.8) is 0 Å². The second-order valence-corrected chi connectivity index (χ2v) is 10.7. The van der Waals surface area contributed by atoms with Crippen molar-refractivity contribution in [3.8, 4) is 0 Å². The van der Waals surface area contributed by atoms with Crippen LogP contribution in [0.15, 0.2) is 0 Å². The van der Waals surface area contributed by atoms with Crippen LogP contribution < -0.4 is 0 Å². The maximum atomic E-state index is 10.4. The van der Waals surface area contributed by atoms with Crippen molar-refractivity contribution >= 4 is 23.9 Å². The SMILES string of the molecule is O=C(O)C1CCCCC1.O=C(O)C1CCCCC1.O=C(O)C1CCCCC1.O=C(O)C1CCCCC1.[Ti]. The number of aliphatic carboxylic acids is 4. The molecule has 0 aromatic heterocycles. The van der Waals surface area contributed by atoms with Crippen molar-refractivity contribution in [1.29, 1.82) is 0 Å². The van der Waals surface area contributed by atoms with E-state index >= 15 is 0 Å². The molecule has 4 fully saturated rings. The van der Waals surface area contributed by atoms with Crippen molar-refractivity contribution < 1.29 is 61.3 Å². The Kier molecular flexibility index (Phi) is 20.7. The number of hydrogen-bond acceptors (Lipinski definition) is 4. The van der Waals surface area contributed by atoms with Crippen LogP contribution in [0.2, 0.25) is 0 Å². The smallest absolute Gasteiger partial charge is 0.306 e. The number of carboxylic acids is 4. The maximum absolute atomic E-state index is 10.4. The number of hydrogen-bond donors (Lipinski definition) is 4. The van der Waals surface area contributed by atoms with Crippen molar-refractivity contribution in [3.05, 3.63) is 0 Å². The van der Waals surface area contributed by atoms with Gasteiger partial charge in [0.25, 0.3) is 0 Å². The van der Waals surface area contributed by atoms with Gasteiger partial charge in [-0.05, 0) is 51.4 Å². The molecule has 4 rings (SSSR count). The van der Waals surface area contributed by atoms with Crippen LogP contribution in [0.4, 0.5) is 0 Å². The zero-order valence-electron chi connectivity index (χ0n) is 22.4. The Hall–Kier alpha value is -1.41. The van der Waals surface area contributed by atoms with Crippen molar-refractivity contribution in [1.82, 2.24) is 0 Å². The molecule has 9 heteroatoms. The Balaban J connectivity index is 0.000000463. The fourth-order valence-corrected chi connectivity index (χ4v) is 5.40. The van der Waals surface area contributed by atoms with Gasteiger partial charge in [0.2, 0.25) is 0 Å². The third-order valence-electron chi connectivity index (χ3n) is 7.82. The summed E-state index contributed by atoms with van der Waals surface area (Å²) >= 11 is 0. The monoisotopic (exact) mass is 560 g/mol. The third-order valence-corrected chi connectivity index (χ3v) is 7.82. The largest absolute Gasteiger partial charge is 0.481 e. The van der Waals surface area contributed by atoms with E-state index in [-0.39, 0.29) is 45.4 Å². The molecule has 4 N–H and O–H groups in total. The molecular weight excluding hydrogens is 512 g/mol. The Morgan fingerprint density at radius 1 is 0.324 bits per heavy atom. The number of rotatable bonds is 4. The van der Waals surface area contributed by atoms with Gasteiger partial charge in [0, 0.05) is 21.7 Å². The van der Waals surface area contributed by atoms with E-state index in [4.69, 9.17) is 20.4 Å². The van der Waals surface area contributed by atoms with Crippen LogP contribution in [-0.4, -0.2) is 44.3 Å². The predicted molar refractivity (Wildman–Crippen MR) is 137 cm³/mol. The first kappa shape index (κ1) is 35.6. The summed E-state index contributed by atoms with van der Waals surface area (Å²) in [5.74, 6) is -2.52. The summed E-state index contributed by atoms with van der Waals surface area (Å²) < 4.78 is 0. The van der Waals surface area contributed by atoms with Gasteiger partial charge in [0.1, 0.15) is 0 Å². The van der Waals surface area contributed by atoms with Crippen LogP contribution in [0.3, 0.4) is 0 Å². The molecule has 0 aromatic rings. The Morgan fingerprint density at radius 2 is 0.459 bits per heavy atom. The fraction of sp³-hybridized carbons (Fsp3) is 0.857. The van der Waals surface area contributed by atoms with Gasteiger partial charge in [-0.3, -0.25) is 19.2 Å².